The Hall–Kier alpha value is -3.29. The maximum atomic E-state index is 14.2. The molecule has 0 spiro atoms. The Kier molecular flexibility index (Phi) is 15.5. The number of methoxy groups -OCH3 is 1. The molecule has 2 aliphatic rings. The summed E-state index contributed by atoms with van der Waals surface area (Å²) in [6, 6.07) is 3.03. The van der Waals surface area contributed by atoms with E-state index in [4.69, 9.17) is 25.8 Å². The number of carbonyl (C=O) groups excluding carboxylic acids is 4. The topological polar surface area (TPSA) is 146 Å². The van der Waals surface area contributed by atoms with Crippen molar-refractivity contribution in [3.05, 3.63) is 52.1 Å². The number of amides is 2. The highest BCUT2D eigenvalue weighted by Gasteiger charge is 2.51. The number of allylic oxidation sites excluding steroid dienone is 3. The second-order valence-electron chi connectivity index (χ2n) is 16.2. The van der Waals surface area contributed by atoms with Crippen molar-refractivity contribution in [2.24, 2.45) is 11.3 Å². The maximum absolute atomic E-state index is 14.2. The number of esters is 2. The molecule has 0 radical (unpaired) electrons. The number of anilines is 1. The van der Waals surface area contributed by atoms with Crippen molar-refractivity contribution in [1.29, 1.82) is 0 Å². The Bertz CT molecular complexity index is 1590. The Balaban J connectivity index is 2.09. The van der Waals surface area contributed by atoms with Crippen LogP contribution in [0.5, 0.6) is 0 Å². The highest BCUT2D eigenvalue weighted by atomic mass is 35.5. The van der Waals surface area contributed by atoms with Crippen LogP contribution in [0, 0.1) is 18.3 Å². The standard InChI is InChI=1S/C41H62ClN3O9/c1-24(2)43(9)17-16-34(46)44(10)28(6)39(50)54-33-21-35(47)45(11)30-20-29(19-26(4)37(30)42)18-25(3)14-13-15-32(52-12)41(51)22-31(53-36(48)23-41)27(5)38(49)40(33,7)8/h13-15,19-20,24,27-28,31-33,38,49,51H,16-18,21-23H2,1-12H3/b15-13+,25-14+/t27-,28+,31+,32-,33+,38+,41-/m1/s1. The van der Waals surface area contributed by atoms with Crippen LogP contribution >= 0.6 is 11.6 Å². The number of rotatable bonds is 8. The molecule has 1 saturated heterocycles. The van der Waals surface area contributed by atoms with Gasteiger partial charge in [0.25, 0.3) is 0 Å². The van der Waals surface area contributed by atoms with Gasteiger partial charge in [0.2, 0.25) is 11.8 Å². The summed E-state index contributed by atoms with van der Waals surface area (Å²) in [5.74, 6) is -2.86. The quantitative estimate of drug-likeness (QED) is 0.345. The molecular formula is C41H62ClN3O9. The number of benzene rings is 1. The van der Waals surface area contributed by atoms with Crippen molar-refractivity contribution in [1.82, 2.24) is 9.80 Å². The molecule has 13 heteroatoms. The lowest BCUT2D eigenvalue weighted by Crippen LogP contribution is -2.56. The van der Waals surface area contributed by atoms with Crippen molar-refractivity contribution < 1.29 is 43.6 Å². The average Bonchev–Trinajstić information content (AvgIpc) is 3.10. The number of aliphatic hydroxyl groups is 2. The summed E-state index contributed by atoms with van der Waals surface area (Å²) in [5, 5.41) is 24.3. The zero-order chi connectivity index (χ0) is 40.9. The van der Waals surface area contributed by atoms with Gasteiger partial charge in [-0.1, -0.05) is 62.2 Å². The summed E-state index contributed by atoms with van der Waals surface area (Å²) < 4.78 is 17.5. The monoisotopic (exact) mass is 775 g/mol. The zero-order valence-corrected chi connectivity index (χ0v) is 34.9. The number of ether oxygens (including phenoxy) is 3. The van der Waals surface area contributed by atoms with Gasteiger partial charge in [-0.25, -0.2) is 4.79 Å². The predicted octanol–water partition coefficient (Wildman–Crippen LogP) is 5.02. The van der Waals surface area contributed by atoms with E-state index in [1.165, 1.54) is 24.0 Å². The van der Waals surface area contributed by atoms with Crippen LogP contribution in [0.1, 0.15) is 85.3 Å². The number of hydrogen-bond donors (Lipinski definition) is 2. The van der Waals surface area contributed by atoms with E-state index < -0.39 is 65.2 Å². The van der Waals surface area contributed by atoms with Gasteiger partial charge in [0, 0.05) is 58.0 Å². The molecule has 3 rings (SSSR count). The van der Waals surface area contributed by atoms with E-state index in [2.05, 4.69) is 0 Å². The van der Waals surface area contributed by atoms with Crippen LogP contribution in [0.4, 0.5) is 5.69 Å². The molecule has 0 aromatic heterocycles. The molecule has 2 heterocycles. The fraction of sp³-hybridized carbons (Fsp3) is 0.659. The van der Waals surface area contributed by atoms with Crippen LogP contribution in [0.3, 0.4) is 0 Å². The SMILES string of the molecule is CO[C@@H]1/C=C/C=C(\C)Cc2cc(C)c(Cl)c(c2)N(C)C(=O)C[C@H](OC(=O)[C@H](C)N(C)C(=O)CCN(C)C(C)C)C(C)(C)[C@@H](O)[C@H](C)[C@@H]2C[C@@]1(O)CC(=O)O2. The zero-order valence-electron chi connectivity index (χ0n) is 34.1. The first-order valence-corrected chi connectivity index (χ1v) is 19.1. The number of carbonyl (C=O) groups is 4. The van der Waals surface area contributed by atoms with E-state index in [1.807, 2.05) is 57.9 Å². The van der Waals surface area contributed by atoms with Crippen molar-refractivity contribution in [3.8, 4) is 0 Å². The van der Waals surface area contributed by atoms with Crippen LogP contribution in [0.2, 0.25) is 5.02 Å². The van der Waals surface area contributed by atoms with Crippen LogP contribution in [-0.2, 0) is 39.8 Å². The molecule has 0 unspecified atom stereocenters. The van der Waals surface area contributed by atoms with Crippen molar-refractivity contribution in [2.75, 3.05) is 39.7 Å². The summed E-state index contributed by atoms with van der Waals surface area (Å²) in [4.78, 5) is 58.9. The van der Waals surface area contributed by atoms with Crippen molar-refractivity contribution >= 4 is 41.0 Å². The van der Waals surface area contributed by atoms with Gasteiger partial charge in [-0.15, -0.1) is 0 Å². The molecule has 12 nitrogen and oxygen atoms in total. The van der Waals surface area contributed by atoms with Crippen molar-refractivity contribution in [2.45, 2.75) is 130 Å². The minimum Gasteiger partial charge on any atom is -0.462 e. The lowest BCUT2D eigenvalue weighted by Gasteiger charge is -2.46. The third kappa shape index (κ3) is 10.7. The number of nitrogens with zero attached hydrogens (tertiary/aromatic N) is 3. The number of hydrogen-bond acceptors (Lipinski definition) is 10. The summed E-state index contributed by atoms with van der Waals surface area (Å²) in [7, 11) is 6.51. The maximum Gasteiger partial charge on any atom is 0.328 e. The molecule has 1 aromatic rings. The molecule has 7 atom stereocenters. The average molecular weight is 776 g/mol. The molecule has 0 aliphatic carbocycles. The van der Waals surface area contributed by atoms with E-state index in [-0.39, 0.29) is 37.6 Å². The summed E-state index contributed by atoms with van der Waals surface area (Å²) >= 11 is 6.78. The fourth-order valence-corrected chi connectivity index (χ4v) is 7.29. The van der Waals surface area contributed by atoms with Gasteiger partial charge < -0.3 is 39.1 Å². The number of aryl methyl sites for hydroxylation is 1. The van der Waals surface area contributed by atoms with Gasteiger partial charge >= 0.3 is 11.9 Å². The van der Waals surface area contributed by atoms with E-state index in [9.17, 15) is 29.4 Å². The fourth-order valence-electron chi connectivity index (χ4n) is 7.06. The van der Waals surface area contributed by atoms with Gasteiger partial charge in [0.15, 0.2) is 0 Å². The summed E-state index contributed by atoms with van der Waals surface area (Å²) in [6.45, 7) is 15.0. The first kappa shape index (κ1) is 45.1. The molecule has 302 valence electrons. The molecular weight excluding hydrogens is 714 g/mol. The lowest BCUT2D eigenvalue weighted by atomic mass is 9.70. The minimum absolute atomic E-state index is 0.0374. The first-order chi connectivity index (χ1) is 25.0. The molecule has 1 fully saturated rings. The minimum atomic E-state index is -1.64. The van der Waals surface area contributed by atoms with Crippen LogP contribution in [0.25, 0.3) is 0 Å². The number of likely N-dealkylation sites (N-methyl/N-ethyl adjacent to an activating group) is 1. The van der Waals surface area contributed by atoms with E-state index in [1.54, 1.807) is 46.9 Å². The van der Waals surface area contributed by atoms with Gasteiger partial charge in [0.05, 0.1) is 29.7 Å². The lowest BCUT2D eigenvalue weighted by molar-refractivity contribution is -0.197. The molecule has 0 saturated carbocycles. The Morgan fingerprint density at radius 2 is 1.80 bits per heavy atom. The third-order valence-corrected chi connectivity index (χ3v) is 11.9. The number of halogens is 1. The molecule has 2 aliphatic heterocycles. The summed E-state index contributed by atoms with van der Waals surface area (Å²) in [6.07, 6.45) is 1.07. The van der Waals surface area contributed by atoms with Gasteiger partial charge in [-0.2, -0.15) is 0 Å². The normalized spacial score (nSPS) is 28.9. The predicted molar refractivity (Wildman–Crippen MR) is 209 cm³/mol. The van der Waals surface area contributed by atoms with Gasteiger partial charge in [-0.05, 0) is 65.3 Å². The summed E-state index contributed by atoms with van der Waals surface area (Å²) in [5.41, 5.74) is 0.162. The van der Waals surface area contributed by atoms with Gasteiger partial charge in [-0.3, -0.25) is 14.4 Å². The molecule has 4 bridgehead atoms. The Morgan fingerprint density at radius 3 is 2.41 bits per heavy atom. The Labute approximate surface area is 326 Å². The molecule has 54 heavy (non-hydrogen) atoms. The van der Waals surface area contributed by atoms with Crippen molar-refractivity contribution in [3.63, 3.8) is 0 Å². The smallest absolute Gasteiger partial charge is 0.328 e. The molecule has 1 aromatic carbocycles. The largest absolute Gasteiger partial charge is 0.462 e. The molecule has 2 amide bonds. The Morgan fingerprint density at radius 1 is 1.15 bits per heavy atom. The molecule has 2 N–H and O–H groups in total. The highest BCUT2D eigenvalue weighted by molar-refractivity contribution is 6.34. The highest BCUT2D eigenvalue weighted by Crippen LogP contribution is 2.41. The number of fused-ring (bicyclic) bond motifs is 4. The number of aliphatic hydroxyl groups excluding tert-OH is 1. The first-order valence-electron chi connectivity index (χ1n) is 18.7. The third-order valence-electron chi connectivity index (χ3n) is 11.4. The van der Waals surface area contributed by atoms with Crippen LogP contribution in [-0.4, -0.2) is 121 Å². The van der Waals surface area contributed by atoms with E-state index >= 15 is 0 Å². The second kappa shape index (κ2) is 18.6. The van der Waals surface area contributed by atoms with Gasteiger partial charge in [0.1, 0.15) is 30.0 Å². The second-order valence-corrected chi connectivity index (χ2v) is 16.6. The van der Waals surface area contributed by atoms with Crippen LogP contribution < -0.4 is 4.90 Å². The van der Waals surface area contributed by atoms with E-state index in [0.717, 1.165) is 16.7 Å². The van der Waals surface area contributed by atoms with E-state index in [0.29, 0.717) is 23.7 Å². The van der Waals surface area contributed by atoms with Crippen LogP contribution in [0.15, 0.2) is 35.9 Å².